The smallest absolute Gasteiger partial charge is 0.0669 e. The molecule has 4 aliphatic rings. The Balaban J connectivity index is 1.52. The largest absolute Gasteiger partial charge is 0.373 e. The Kier molecular flexibility index (Phi) is 3.05. The molecule has 1 radical (unpaired) electrons. The third-order valence-corrected chi connectivity index (χ3v) is 7.91. The van der Waals surface area contributed by atoms with Gasteiger partial charge in [0.25, 0.3) is 0 Å². The number of ether oxygens (including phenoxy) is 1. The van der Waals surface area contributed by atoms with E-state index in [1.165, 1.54) is 57.8 Å². The van der Waals surface area contributed by atoms with Crippen molar-refractivity contribution in [3.63, 3.8) is 0 Å². The van der Waals surface area contributed by atoms with Crippen LogP contribution in [0.15, 0.2) is 0 Å². The van der Waals surface area contributed by atoms with Gasteiger partial charge in [0.2, 0.25) is 0 Å². The van der Waals surface area contributed by atoms with Gasteiger partial charge in [-0.1, -0.05) is 46.5 Å². The number of hydrogen-bond donors (Lipinski definition) is 0. The van der Waals surface area contributed by atoms with Crippen LogP contribution in [0.3, 0.4) is 0 Å². The molecule has 0 aromatic carbocycles. The van der Waals surface area contributed by atoms with Gasteiger partial charge in [0.05, 0.1) is 12.2 Å². The fourth-order valence-electron chi connectivity index (χ4n) is 6.29. The molecule has 20 heavy (non-hydrogen) atoms. The van der Waals surface area contributed by atoms with Gasteiger partial charge in [-0.25, -0.2) is 0 Å². The van der Waals surface area contributed by atoms with E-state index in [0.29, 0.717) is 23.0 Å². The van der Waals surface area contributed by atoms with Crippen molar-refractivity contribution in [1.82, 2.24) is 0 Å². The summed E-state index contributed by atoms with van der Waals surface area (Å²) >= 11 is 0. The molecule has 1 heteroatoms. The van der Waals surface area contributed by atoms with Crippen molar-refractivity contribution in [1.29, 1.82) is 0 Å². The van der Waals surface area contributed by atoms with Crippen LogP contribution in [0, 0.1) is 28.6 Å². The molecule has 0 aromatic heterocycles. The van der Waals surface area contributed by atoms with Crippen molar-refractivity contribution < 1.29 is 4.74 Å². The lowest BCUT2D eigenvalue weighted by molar-refractivity contribution is -0.0522. The van der Waals surface area contributed by atoms with Crippen molar-refractivity contribution in [2.75, 3.05) is 0 Å². The molecular formula is C19H31O. The molecule has 4 fully saturated rings. The van der Waals surface area contributed by atoms with Crippen LogP contribution in [0.2, 0.25) is 0 Å². The zero-order valence-corrected chi connectivity index (χ0v) is 13.6. The highest BCUT2D eigenvalue weighted by molar-refractivity contribution is 5.19. The van der Waals surface area contributed by atoms with Gasteiger partial charge in [-0.15, -0.1) is 0 Å². The Bertz CT molecular complexity index is 379. The summed E-state index contributed by atoms with van der Waals surface area (Å²) in [6, 6.07) is 0. The van der Waals surface area contributed by atoms with Crippen molar-refractivity contribution in [3.8, 4) is 0 Å². The van der Waals surface area contributed by atoms with Crippen LogP contribution in [-0.2, 0) is 4.74 Å². The minimum Gasteiger partial charge on any atom is -0.373 e. The summed E-state index contributed by atoms with van der Waals surface area (Å²) in [6.07, 6.45) is 13.7. The highest BCUT2D eigenvalue weighted by Gasteiger charge is 2.69. The standard InChI is InChI=1S/C19H31O/c1-18(2)15-10-11-19(18,3)17-14(15)12-16(20-17)13-8-6-4-5-7-9-13/h14-17H,4-12H2,1-3H3. The third-order valence-electron chi connectivity index (χ3n) is 7.91. The Morgan fingerprint density at radius 1 is 1.00 bits per heavy atom. The predicted octanol–water partition coefficient (Wildman–Crippen LogP) is 5.14. The molecule has 1 aliphatic heterocycles. The van der Waals surface area contributed by atoms with Crippen LogP contribution in [0.5, 0.6) is 0 Å². The zero-order valence-electron chi connectivity index (χ0n) is 13.6. The first-order valence-corrected chi connectivity index (χ1v) is 9.04. The molecule has 2 bridgehead atoms. The van der Waals surface area contributed by atoms with Gasteiger partial charge >= 0.3 is 0 Å². The Morgan fingerprint density at radius 2 is 1.70 bits per heavy atom. The molecule has 3 aliphatic carbocycles. The van der Waals surface area contributed by atoms with Crippen molar-refractivity contribution in [2.24, 2.45) is 22.7 Å². The summed E-state index contributed by atoms with van der Waals surface area (Å²) in [6.45, 7) is 7.55. The quantitative estimate of drug-likeness (QED) is 0.602. The normalized spacial score (nSPS) is 51.1. The van der Waals surface area contributed by atoms with E-state index in [4.69, 9.17) is 4.74 Å². The molecule has 1 saturated heterocycles. The second-order valence-corrected chi connectivity index (χ2v) is 8.80. The summed E-state index contributed by atoms with van der Waals surface area (Å²) in [7, 11) is 0. The van der Waals surface area contributed by atoms with E-state index in [2.05, 4.69) is 20.8 Å². The topological polar surface area (TPSA) is 9.23 Å². The second-order valence-electron chi connectivity index (χ2n) is 8.80. The average molecular weight is 275 g/mol. The minimum atomic E-state index is 0.447. The van der Waals surface area contributed by atoms with Crippen LogP contribution in [-0.4, -0.2) is 12.2 Å². The molecule has 0 aromatic rings. The molecule has 113 valence electrons. The minimum absolute atomic E-state index is 0.447. The molecule has 0 spiro atoms. The maximum absolute atomic E-state index is 6.72. The van der Waals surface area contributed by atoms with Crippen LogP contribution in [0.1, 0.15) is 78.6 Å². The lowest BCUT2D eigenvalue weighted by atomic mass is 9.70. The monoisotopic (exact) mass is 275 g/mol. The van der Waals surface area contributed by atoms with E-state index in [-0.39, 0.29) is 0 Å². The maximum Gasteiger partial charge on any atom is 0.0669 e. The highest BCUT2D eigenvalue weighted by atomic mass is 16.5. The summed E-state index contributed by atoms with van der Waals surface area (Å²) in [4.78, 5) is 0. The van der Waals surface area contributed by atoms with Gasteiger partial charge in [-0.05, 0) is 54.8 Å². The third kappa shape index (κ3) is 1.65. The SMILES string of the molecule is CC1(C)C2CCC1(C)C1OC([C]3CCCCCC3)CC21. The Hall–Kier alpha value is -0.0400. The van der Waals surface area contributed by atoms with E-state index in [0.717, 1.165) is 11.8 Å². The van der Waals surface area contributed by atoms with Gasteiger partial charge in [0.1, 0.15) is 0 Å². The molecule has 1 heterocycles. The summed E-state index contributed by atoms with van der Waals surface area (Å²) in [5.41, 5.74) is 0.948. The van der Waals surface area contributed by atoms with E-state index < -0.39 is 0 Å². The molecule has 5 unspecified atom stereocenters. The van der Waals surface area contributed by atoms with Crippen LogP contribution in [0.4, 0.5) is 0 Å². The van der Waals surface area contributed by atoms with Gasteiger partial charge < -0.3 is 4.74 Å². The molecule has 4 rings (SSSR count). The van der Waals surface area contributed by atoms with Gasteiger partial charge in [0, 0.05) is 5.92 Å². The zero-order chi connectivity index (χ0) is 14.0. The lowest BCUT2D eigenvalue weighted by Gasteiger charge is -2.39. The molecule has 5 atom stereocenters. The van der Waals surface area contributed by atoms with Crippen molar-refractivity contribution in [3.05, 3.63) is 5.92 Å². The highest BCUT2D eigenvalue weighted by Crippen LogP contribution is 2.71. The first-order chi connectivity index (χ1) is 9.54. The molecular weight excluding hydrogens is 244 g/mol. The fraction of sp³-hybridized carbons (Fsp3) is 0.947. The van der Waals surface area contributed by atoms with E-state index in [1.807, 2.05) is 0 Å². The van der Waals surface area contributed by atoms with Crippen LogP contribution in [0.25, 0.3) is 0 Å². The Labute approximate surface area is 124 Å². The van der Waals surface area contributed by atoms with Crippen molar-refractivity contribution >= 4 is 0 Å². The number of fused-ring (bicyclic) bond motifs is 5. The first kappa shape index (κ1) is 13.6. The number of rotatable bonds is 1. The van der Waals surface area contributed by atoms with Gasteiger partial charge in [0.15, 0.2) is 0 Å². The van der Waals surface area contributed by atoms with Crippen LogP contribution >= 0.6 is 0 Å². The summed E-state index contributed by atoms with van der Waals surface area (Å²) < 4.78 is 6.72. The maximum atomic E-state index is 6.72. The van der Waals surface area contributed by atoms with Crippen LogP contribution < -0.4 is 0 Å². The molecule has 0 amide bonds. The van der Waals surface area contributed by atoms with Gasteiger partial charge in [-0.3, -0.25) is 0 Å². The Morgan fingerprint density at radius 3 is 2.35 bits per heavy atom. The lowest BCUT2D eigenvalue weighted by Crippen LogP contribution is -2.38. The molecule has 0 N–H and O–H groups in total. The van der Waals surface area contributed by atoms with E-state index >= 15 is 0 Å². The number of hydrogen-bond acceptors (Lipinski definition) is 1. The predicted molar refractivity (Wildman–Crippen MR) is 82.3 cm³/mol. The van der Waals surface area contributed by atoms with Gasteiger partial charge in [-0.2, -0.15) is 0 Å². The van der Waals surface area contributed by atoms with E-state index in [9.17, 15) is 0 Å². The first-order valence-electron chi connectivity index (χ1n) is 9.04. The summed E-state index contributed by atoms with van der Waals surface area (Å²) in [5, 5.41) is 0. The molecule has 3 saturated carbocycles. The summed E-state index contributed by atoms with van der Waals surface area (Å²) in [5.74, 6) is 3.57. The van der Waals surface area contributed by atoms with E-state index in [1.54, 1.807) is 5.92 Å². The average Bonchev–Trinajstić information content (AvgIpc) is 2.86. The molecule has 1 nitrogen and oxygen atoms in total. The van der Waals surface area contributed by atoms with Crippen molar-refractivity contribution in [2.45, 2.75) is 90.8 Å². The fourth-order valence-corrected chi connectivity index (χ4v) is 6.29. The second kappa shape index (κ2) is 4.48.